The summed E-state index contributed by atoms with van der Waals surface area (Å²) in [5, 5.41) is 0. The number of rotatable bonds is 12. The van der Waals surface area contributed by atoms with Crippen molar-refractivity contribution in [3.8, 4) is 17.2 Å². The first-order chi connectivity index (χ1) is 26.0. The molecule has 12 heteroatoms. The first-order valence-corrected chi connectivity index (χ1v) is 17.8. The Labute approximate surface area is 312 Å². The molecule has 0 spiro atoms. The number of anilines is 3. The molecule has 54 heavy (non-hydrogen) atoms. The Kier molecular flexibility index (Phi) is 9.30. The van der Waals surface area contributed by atoms with E-state index in [0.29, 0.717) is 53.6 Å². The fourth-order valence-electron chi connectivity index (χ4n) is 8.11. The van der Waals surface area contributed by atoms with Gasteiger partial charge in [-0.05, 0) is 107 Å². The summed E-state index contributed by atoms with van der Waals surface area (Å²) >= 11 is 0. The van der Waals surface area contributed by atoms with Gasteiger partial charge in [0.25, 0.3) is 35.1 Å². The number of fused-ring (bicyclic) bond motifs is 3. The van der Waals surface area contributed by atoms with E-state index in [1.807, 2.05) is 20.8 Å². The van der Waals surface area contributed by atoms with Crippen LogP contribution in [0.15, 0.2) is 54.6 Å². The van der Waals surface area contributed by atoms with E-state index in [-0.39, 0.29) is 36.3 Å². The Morgan fingerprint density at radius 2 is 0.667 bits per heavy atom. The lowest BCUT2D eigenvalue weighted by Gasteiger charge is -2.31. The second-order valence-electron chi connectivity index (χ2n) is 13.2. The number of ether oxygens (including phenoxy) is 3. The van der Waals surface area contributed by atoms with Crippen LogP contribution in [0.1, 0.15) is 85.2 Å². The van der Waals surface area contributed by atoms with Gasteiger partial charge >= 0.3 is 0 Å². The van der Waals surface area contributed by atoms with Crippen molar-refractivity contribution in [3.63, 3.8) is 0 Å². The van der Waals surface area contributed by atoms with Crippen LogP contribution in [0.5, 0.6) is 17.2 Å². The fourth-order valence-corrected chi connectivity index (χ4v) is 8.11. The van der Waals surface area contributed by atoms with Crippen LogP contribution in [-0.2, 0) is 53.3 Å². The van der Waals surface area contributed by atoms with E-state index in [0.717, 1.165) is 33.4 Å². The smallest absolute Gasteiger partial charge is 0.299 e. The molecule has 12 nitrogen and oxygen atoms in total. The van der Waals surface area contributed by atoms with Crippen molar-refractivity contribution in [2.75, 3.05) is 36.0 Å². The summed E-state index contributed by atoms with van der Waals surface area (Å²) < 4.78 is 16.0. The average molecular weight is 730 g/mol. The van der Waals surface area contributed by atoms with Crippen molar-refractivity contribution in [1.82, 2.24) is 0 Å². The molecule has 0 N–H and O–H groups in total. The highest BCUT2D eigenvalue weighted by Crippen LogP contribution is 2.41. The molecule has 0 unspecified atom stereocenters. The maximum atomic E-state index is 13.7. The molecule has 0 aliphatic carbocycles. The minimum atomic E-state index is -0.684. The highest BCUT2D eigenvalue weighted by Gasteiger charge is 2.41. The predicted molar refractivity (Wildman–Crippen MR) is 200 cm³/mol. The molecular formula is C42H39N3O9. The van der Waals surface area contributed by atoms with Crippen molar-refractivity contribution < 1.29 is 43.0 Å². The molecule has 276 valence electrons. The van der Waals surface area contributed by atoms with Crippen molar-refractivity contribution in [2.24, 2.45) is 0 Å². The van der Waals surface area contributed by atoms with Gasteiger partial charge in [-0.2, -0.15) is 0 Å². The van der Waals surface area contributed by atoms with Crippen molar-refractivity contribution in [2.45, 2.75) is 59.7 Å². The predicted octanol–water partition coefficient (Wildman–Crippen LogP) is 5.59. The third-order valence-corrected chi connectivity index (χ3v) is 10.7. The maximum Gasteiger partial charge on any atom is 0.299 e. The summed E-state index contributed by atoms with van der Waals surface area (Å²) in [6, 6.07) is 14.8. The Balaban J connectivity index is 1.43. The molecular weight excluding hydrogens is 690 g/mol. The number of carbonyl (C=O) groups is 6. The molecule has 0 bridgehead atoms. The van der Waals surface area contributed by atoms with Crippen molar-refractivity contribution in [3.05, 3.63) is 105 Å². The highest BCUT2D eigenvalue weighted by atomic mass is 16.5. The Bertz CT molecular complexity index is 2050. The zero-order valence-electron chi connectivity index (χ0n) is 31.0. The van der Waals surface area contributed by atoms with Crippen LogP contribution < -0.4 is 28.9 Å². The number of ketones is 3. The van der Waals surface area contributed by atoms with Crippen LogP contribution in [0.3, 0.4) is 0 Å². The summed E-state index contributed by atoms with van der Waals surface area (Å²) in [6.07, 6.45) is 1.47. The normalized spacial score (nSPS) is 14.7. The van der Waals surface area contributed by atoms with E-state index in [1.54, 1.807) is 54.6 Å². The molecule has 4 aromatic rings. The van der Waals surface area contributed by atoms with E-state index < -0.39 is 35.1 Å². The van der Waals surface area contributed by atoms with Gasteiger partial charge in [0.2, 0.25) is 0 Å². The van der Waals surface area contributed by atoms with Gasteiger partial charge in [-0.1, -0.05) is 20.8 Å². The quantitative estimate of drug-likeness (QED) is 0.171. The van der Waals surface area contributed by atoms with E-state index in [4.69, 9.17) is 14.2 Å². The molecule has 0 radical (unpaired) electrons. The number of amides is 3. The fraction of sp³-hybridized carbons (Fsp3) is 0.286. The maximum absolute atomic E-state index is 13.7. The number of hydrogen-bond acceptors (Lipinski definition) is 9. The Morgan fingerprint density at radius 1 is 0.407 bits per heavy atom. The number of carbonyl (C=O) groups excluding carboxylic acids is 6. The summed E-state index contributed by atoms with van der Waals surface area (Å²) in [6.45, 7) is 6.04. The van der Waals surface area contributed by atoms with E-state index in [2.05, 4.69) is 0 Å². The Morgan fingerprint density at radius 3 is 0.889 bits per heavy atom. The van der Waals surface area contributed by atoms with Gasteiger partial charge in [-0.15, -0.1) is 0 Å². The van der Waals surface area contributed by atoms with Gasteiger partial charge in [0.05, 0.1) is 74.7 Å². The van der Waals surface area contributed by atoms with Crippen molar-refractivity contribution in [1.29, 1.82) is 0 Å². The van der Waals surface area contributed by atoms with Gasteiger partial charge in [0, 0.05) is 0 Å². The number of hydrogen-bond donors (Lipinski definition) is 0. The number of methoxy groups -OCH3 is 3. The Hall–Kier alpha value is -6.30. The number of benzene rings is 4. The van der Waals surface area contributed by atoms with Crippen molar-refractivity contribution >= 4 is 52.1 Å². The molecule has 3 amide bonds. The molecule has 0 saturated carbocycles. The van der Waals surface area contributed by atoms with Crippen LogP contribution in [0.25, 0.3) is 0 Å². The number of Topliss-reactive ketones (excluding diaryl/α,β-unsaturated/α-hetero) is 3. The molecule has 4 aromatic carbocycles. The standard InChI is InChI=1S/C42H39N3O9/c1-7-25-31(19-43-34-13-10-22(52-4)16-28(34)37(46)40(43)49)26(8-2)33(21-45-36-15-12-24(54-6)18-30(36)39(48)42(45)51)27(9-3)32(25)20-44-35-14-11-23(53-5)17-29(35)38(47)41(44)50/h10-18H,7-9,19-21H2,1-6H3. The molecule has 0 atom stereocenters. The zero-order chi connectivity index (χ0) is 38.6. The summed E-state index contributed by atoms with van der Waals surface area (Å²) in [4.78, 5) is 85.4. The third-order valence-electron chi connectivity index (χ3n) is 10.7. The second-order valence-corrected chi connectivity index (χ2v) is 13.2. The average Bonchev–Trinajstić information content (AvgIpc) is 3.68. The lowest BCUT2D eigenvalue weighted by molar-refractivity contribution is -0.115. The first kappa shape index (κ1) is 36.1. The third kappa shape index (κ3) is 5.51. The van der Waals surface area contributed by atoms with E-state index >= 15 is 0 Å². The monoisotopic (exact) mass is 729 g/mol. The summed E-state index contributed by atoms with van der Waals surface area (Å²) in [5.41, 5.74) is 6.97. The van der Waals surface area contributed by atoms with E-state index in [1.165, 1.54) is 36.0 Å². The molecule has 0 saturated heterocycles. The van der Waals surface area contributed by atoms with Crippen LogP contribution in [0.4, 0.5) is 17.1 Å². The van der Waals surface area contributed by atoms with Crippen LogP contribution >= 0.6 is 0 Å². The summed E-state index contributed by atoms with van der Waals surface area (Å²) in [7, 11) is 4.46. The van der Waals surface area contributed by atoms with E-state index in [9.17, 15) is 28.8 Å². The molecule has 0 aromatic heterocycles. The van der Waals surface area contributed by atoms with Crippen LogP contribution in [-0.4, -0.2) is 56.4 Å². The topological polar surface area (TPSA) is 140 Å². The largest absolute Gasteiger partial charge is 0.497 e. The molecule has 3 heterocycles. The number of nitrogens with zero attached hydrogens (tertiary/aromatic N) is 3. The zero-order valence-corrected chi connectivity index (χ0v) is 31.0. The first-order valence-electron chi connectivity index (χ1n) is 17.8. The molecule has 3 aliphatic heterocycles. The van der Waals surface area contributed by atoms with Crippen LogP contribution in [0.2, 0.25) is 0 Å². The lowest BCUT2D eigenvalue weighted by Crippen LogP contribution is -2.34. The highest BCUT2D eigenvalue weighted by molar-refractivity contribution is 6.53. The molecule has 3 aliphatic rings. The minimum absolute atomic E-state index is 0.0293. The van der Waals surface area contributed by atoms with Crippen LogP contribution in [0, 0.1) is 0 Å². The SMILES string of the molecule is CCc1c(CN2C(=O)C(=O)c3cc(OC)ccc32)c(CC)c(CN2C(=O)C(=O)c3cc(OC)ccc32)c(CC)c1CN1C(=O)C(=O)c2cc(OC)ccc21. The van der Waals surface area contributed by atoms with Gasteiger partial charge in [-0.3, -0.25) is 28.8 Å². The lowest BCUT2D eigenvalue weighted by atomic mass is 9.82. The van der Waals surface area contributed by atoms with Gasteiger partial charge < -0.3 is 28.9 Å². The second kappa shape index (κ2) is 13.9. The van der Waals surface area contributed by atoms with Gasteiger partial charge in [0.1, 0.15) is 17.2 Å². The molecule has 7 rings (SSSR count). The van der Waals surface area contributed by atoms with Gasteiger partial charge in [-0.25, -0.2) is 0 Å². The summed E-state index contributed by atoms with van der Waals surface area (Å²) in [5.74, 6) is -2.65. The van der Waals surface area contributed by atoms with Gasteiger partial charge in [0.15, 0.2) is 0 Å². The molecule has 0 fully saturated rings. The minimum Gasteiger partial charge on any atom is -0.497 e.